The zero-order chi connectivity index (χ0) is 9.56. The Labute approximate surface area is 69.6 Å². The van der Waals surface area contributed by atoms with Crippen LogP contribution < -0.4 is 0 Å². The van der Waals surface area contributed by atoms with Crippen LogP contribution in [-0.2, 0) is 19.1 Å². The van der Waals surface area contributed by atoms with Crippen LogP contribution in [0.3, 0.4) is 0 Å². The van der Waals surface area contributed by atoms with Crippen LogP contribution in [0.4, 0.5) is 0 Å². The summed E-state index contributed by atoms with van der Waals surface area (Å²) in [6.45, 7) is -0.417. The highest BCUT2D eigenvalue weighted by Gasteiger charge is 2.18. The molecule has 68 valence electrons. The Bertz CT molecular complexity index is 188. The van der Waals surface area contributed by atoms with Gasteiger partial charge in [0.2, 0.25) is 0 Å². The number of esters is 2. The summed E-state index contributed by atoms with van der Waals surface area (Å²) in [5.41, 5.74) is -0.303. The molecule has 0 rings (SSSR count). The zero-order valence-electron chi connectivity index (χ0n) is 6.86. The Morgan fingerprint density at radius 2 is 1.67 bits per heavy atom. The topological polar surface area (TPSA) is 72.8 Å². The van der Waals surface area contributed by atoms with E-state index in [4.69, 9.17) is 5.11 Å². The molecule has 0 aliphatic carbocycles. The zero-order valence-corrected chi connectivity index (χ0v) is 6.86. The minimum absolute atomic E-state index is 0.303. The summed E-state index contributed by atoms with van der Waals surface area (Å²) in [7, 11) is 2.27. The molecular formula is C7H10O5. The molecule has 0 saturated carbocycles. The second-order valence-electron chi connectivity index (χ2n) is 1.78. The fourth-order valence-corrected chi connectivity index (χ4v) is 0.561. The molecule has 0 fully saturated rings. The average molecular weight is 174 g/mol. The van der Waals surface area contributed by atoms with E-state index in [1.54, 1.807) is 0 Å². The van der Waals surface area contributed by atoms with E-state index in [1.807, 2.05) is 0 Å². The molecule has 0 radical (unpaired) electrons. The third kappa shape index (κ3) is 2.71. The number of rotatable bonds is 3. The van der Waals surface area contributed by atoms with Crippen LogP contribution in [0.1, 0.15) is 0 Å². The normalized spacial score (nSPS) is 8.58. The second kappa shape index (κ2) is 5.31. The van der Waals surface area contributed by atoms with Crippen LogP contribution in [-0.4, -0.2) is 37.9 Å². The Morgan fingerprint density at radius 3 is 1.92 bits per heavy atom. The van der Waals surface area contributed by atoms with Gasteiger partial charge in [-0.3, -0.25) is 0 Å². The maximum absolute atomic E-state index is 10.8. The highest BCUT2D eigenvalue weighted by Crippen LogP contribution is 1.99. The van der Waals surface area contributed by atoms with Gasteiger partial charge in [-0.25, -0.2) is 9.59 Å². The van der Waals surface area contributed by atoms with E-state index in [-0.39, 0.29) is 5.57 Å². The molecule has 0 aromatic rings. The van der Waals surface area contributed by atoms with Crippen molar-refractivity contribution in [1.29, 1.82) is 0 Å². The first-order valence-corrected chi connectivity index (χ1v) is 3.15. The van der Waals surface area contributed by atoms with Crippen LogP contribution in [0.15, 0.2) is 11.6 Å². The van der Waals surface area contributed by atoms with Crippen LogP contribution in [0.25, 0.3) is 0 Å². The van der Waals surface area contributed by atoms with Gasteiger partial charge in [-0.2, -0.15) is 0 Å². The minimum atomic E-state index is -0.823. The summed E-state index contributed by atoms with van der Waals surface area (Å²) >= 11 is 0. The molecule has 5 nitrogen and oxygen atoms in total. The first-order valence-electron chi connectivity index (χ1n) is 3.15. The van der Waals surface area contributed by atoms with Crippen molar-refractivity contribution in [3.63, 3.8) is 0 Å². The van der Waals surface area contributed by atoms with E-state index in [0.29, 0.717) is 0 Å². The molecule has 0 amide bonds. The van der Waals surface area contributed by atoms with Gasteiger partial charge in [0, 0.05) is 0 Å². The summed E-state index contributed by atoms with van der Waals surface area (Å²) in [5, 5.41) is 8.43. The maximum atomic E-state index is 10.8. The first-order chi connectivity index (χ1) is 5.67. The third-order valence-corrected chi connectivity index (χ3v) is 1.11. The van der Waals surface area contributed by atoms with Crippen LogP contribution in [0.5, 0.6) is 0 Å². The van der Waals surface area contributed by atoms with Gasteiger partial charge in [0.1, 0.15) is 5.57 Å². The molecule has 5 heteroatoms. The van der Waals surface area contributed by atoms with Gasteiger partial charge in [0.25, 0.3) is 0 Å². The molecule has 12 heavy (non-hydrogen) atoms. The Morgan fingerprint density at radius 1 is 1.25 bits per heavy atom. The van der Waals surface area contributed by atoms with Crippen molar-refractivity contribution in [3.8, 4) is 0 Å². The number of carbonyl (C=O) groups is 2. The van der Waals surface area contributed by atoms with Gasteiger partial charge in [-0.1, -0.05) is 0 Å². The molecule has 0 aromatic carbocycles. The summed E-state index contributed by atoms with van der Waals surface area (Å²) in [5.74, 6) is -1.65. The molecule has 0 atom stereocenters. The Hall–Kier alpha value is -1.36. The molecule has 0 bridgehead atoms. The van der Waals surface area contributed by atoms with E-state index >= 15 is 0 Å². The number of aliphatic hydroxyl groups is 1. The standard InChI is InChI=1S/C7H10O5/c1-11-6(9)5(3-4-8)7(10)12-2/h3,8H,4H2,1-2H3. The predicted octanol–water partition coefficient (Wildman–Crippen LogP) is -0.749. The molecule has 0 spiro atoms. The monoisotopic (exact) mass is 174 g/mol. The smallest absolute Gasteiger partial charge is 0.345 e. The molecule has 0 unspecified atom stereocenters. The highest BCUT2D eigenvalue weighted by molar-refractivity contribution is 6.13. The van der Waals surface area contributed by atoms with Crippen LogP contribution >= 0.6 is 0 Å². The summed E-state index contributed by atoms with van der Waals surface area (Å²) in [4.78, 5) is 21.6. The third-order valence-electron chi connectivity index (χ3n) is 1.11. The molecule has 0 aromatic heterocycles. The predicted molar refractivity (Wildman–Crippen MR) is 39.2 cm³/mol. The minimum Gasteiger partial charge on any atom is -0.465 e. The van der Waals surface area contributed by atoms with Gasteiger partial charge in [0.05, 0.1) is 20.8 Å². The highest BCUT2D eigenvalue weighted by atomic mass is 16.5. The molecule has 0 aliphatic rings. The van der Waals surface area contributed by atoms with Crippen molar-refractivity contribution in [1.82, 2.24) is 0 Å². The molecule has 0 saturated heterocycles. The lowest BCUT2D eigenvalue weighted by Crippen LogP contribution is -2.16. The van der Waals surface area contributed by atoms with Crippen LogP contribution in [0.2, 0.25) is 0 Å². The van der Waals surface area contributed by atoms with Crippen molar-refractivity contribution in [2.45, 2.75) is 0 Å². The van der Waals surface area contributed by atoms with E-state index in [1.165, 1.54) is 0 Å². The van der Waals surface area contributed by atoms with E-state index in [2.05, 4.69) is 9.47 Å². The number of aliphatic hydroxyl groups excluding tert-OH is 1. The fraction of sp³-hybridized carbons (Fsp3) is 0.429. The van der Waals surface area contributed by atoms with Crippen molar-refractivity contribution in [3.05, 3.63) is 11.6 Å². The van der Waals surface area contributed by atoms with E-state index < -0.39 is 18.5 Å². The Kier molecular flexibility index (Phi) is 4.71. The summed E-state index contributed by atoms with van der Waals surface area (Å²) < 4.78 is 8.54. The molecule has 0 heterocycles. The van der Waals surface area contributed by atoms with Gasteiger partial charge in [-0.15, -0.1) is 0 Å². The van der Waals surface area contributed by atoms with Crippen molar-refractivity contribution < 1.29 is 24.2 Å². The van der Waals surface area contributed by atoms with Crippen molar-refractivity contribution in [2.24, 2.45) is 0 Å². The average Bonchev–Trinajstić information content (AvgIpc) is 2.11. The van der Waals surface area contributed by atoms with E-state index in [9.17, 15) is 9.59 Å². The number of hydrogen-bond donors (Lipinski definition) is 1. The fourth-order valence-electron chi connectivity index (χ4n) is 0.561. The first kappa shape index (κ1) is 10.6. The largest absolute Gasteiger partial charge is 0.465 e. The lowest BCUT2D eigenvalue weighted by molar-refractivity contribution is -0.144. The van der Waals surface area contributed by atoms with Crippen molar-refractivity contribution in [2.75, 3.05) is 20.8 Å². The number of methoxy groups -OCH3 is 2. The quantitative estimate of drug-likeness (QED) is 0.264. The number of carbonyl (C=O) groups excluding carboxylic acids is 2. The van der Waals surface area contributed by atoms with Gasteiger partial charge < -0.3 is 14.6 Å². The van der Waals surface area contributed by atoms with Gasteiger partial charge in [0.15, 0.2) is 0 Å². The number of ether oxygens (including phenoxy) is 2. The molecule has 0 aliphatic heterocycles. The Balaban J connectivity index is 4.55. The lowest BCUT2D eigenvalue weighted by Gasteiger charge is -2.01. The summed E-state index contributed by atoms with van der Waals surface area (Å²) in [6, 6.07) is 0. The number of hydrogen-bond acceptors (Lipinski definition) is 5. The maximum Gasteiger partial charge on any atom is 0.345 e. The second-order valence-corrected chi connectivity index (χ2v) is 1.78. The lowest BCUT2D eigenvalue weighted by atomic mass is 10.2. The molecule has 1 N–H and O–H groups in total. The van der Waals surface area contributed by atoms with E-state index in [0.717, 1.165) is 20.3 Å². The van der Waals surface area contributed by atoms with Crippen LogP contribution in [0, 0.1) is 0 Å². The van der Waals surface area contributed by atoms with Crippen molar-refractivity contribution >= 4 is 11.9 Å². The van der Waals surface area contributed by atoms with Gasteiger partial charge in [-0.05, 0) is 6.08 Å². The SMILES string of the molecule is COC(=O)C(=CCO)C(=O)OC. The molecular weight excluding hydrogens is 164 g/mol. The van der Waals surface area contributed by atoms with Gasteiger partial charge >= 0.3 is 11.9 Å². The summed E-state index contributed by atoms with van der Waals surface area (Å²) in [6.07, 6.45) is 1.03.